The zero-order valence-electron chi connectivity index (χ0n) is 9.26. The Kier molecular flexibility index (Phi) is 3.10. The molecule has 4 heteroatoms. The zero-order chi connectivity index (χ0) is 11.4. The molecule has 1 aromatic carbocycles. The summed E-state index contributed by atoms with van der Waals surface area (Å²) in [6.07, 6.45) is 1.75. The number of nitrogens with two attached hydrogens (primary N) is 1. The molecule has 2 aromatic rings. The SMILES string of the molecule is CCn1c(COc2ccccc2)cnc1N. The molecule has 2 N–H and O–H groups in total. The van der Waals surface area contributed by atoms with Gasteiger partial charge in [0.25, 0.3) is 0 Å². The van der Waals surface area contributed by atoms with Crippen LogP contribution in [0.15, 0.2) is 36.5 Å². The molecule has 1 aromatic heterocycles. The minimum atomic E-state index is 0.488. The molecule has 0 fully saturated rings. The third kappa shape index (κ3) is 2.16. The van der Waals surface area contributed by atoms with Gasteiger partial charge in [0.1, 0.15) is 12.4 Å². The molecule has 1 heterocycles. The number of imidazole rings is 1. The van der Waals surface area contributed by atoms with Crippen LogP contribution in [0.2, 0.25) is 0 Å². The van der Waals surface area contributed by atoms with E-state index in [1.807, 2.05) is 41.8 Å². The van der Waals surface area contributed by atoms with Gasteiger partial charge in [-0.25, -0.2) is 4.98 Å². The summed E-state index contributed by atoms with van der Waals surface area (Å²) >= 11 is 0. The Labute approximate surface area is 94.7 Å². The van der Waals surface area contributed by atoms with Gasteiger partial charge in [-0.05, 0) is 19.1 Å². The van der Waals surface area contributed by atoms with Crippen molar-refractivity contribution in [3.63, 3.8) is 0 Å². The number of ether oxygens (including phenoxy) is 1. The fraction of sp³-hybridized carbons (Fsp3) is 0.250. The van der Waals surface area contributed by atoms with Gasteiger partial charge >= 0.3 is 0 Å². The van der Waals surface area contributed by atoms with Crippen LogP contribution in [0, 0.1) is 0 Å². The van der Waals surface area contributed by atoms with Crippen molar-refractivity contribution >= 4 is 5.95 Å². The molecule has 16 heavy (non-hydrogen) atoms. The number of anilines is 1. The Morgan fingerprint density at radius 1 is 1.31 bits per heavy atom. The van der Waals surface area contributed by atoms with Gasteiger partial charge in [0, 0.05) is 6.54 Å². The van der Waals surface area contributed by atoms with Gasteiger partial charge in [-0.15, -0.1) is 0 Å². The first-order valence-corrected chi connectivity index (χ1v) is 5.29. The lowest BCUT2D eigenvalue weighted by atomic mass is 10.3. The van der Waals surface area contributed by atoms with Gasteiger partial charge in [0.05, 0.1) is 11.9 Å². The summed E-state index contributed by atoms with van der Waals surface area (Å²) in [6.45, 7) is 3.32. The quantitative estimate of drug-likeness (QED) is 0.852. The molecule has 4 nitrogen and oxygen atoms in total. The van der Waals surface area contributed by atoms with Crippen LogP contribution in [0.5, 0.6) is 5.75 Å². The van der Waals surface area contributed by atoms with E-state index in [0.717, 1.165) is 18.0 Å². The molecule has 0 aliphatic carbocycles. The lowest BCUT2D eigenvalue weighted by Crippen LogP contribution is -2.07. The summed E-state index contributed by atoms with van der Waals surface area (Å²) in [6, 6.07) is 9.70. The first-order valence-electron chi connectivity index (χ1n) is 5.29. The van der Waals surface area contributed by atoms with Gasteiger partial charge in [-0.2, -0.15) is 0 Å². The first-order chi connectivity index (χ1) is 7.81. The smallest absolute Gasteiger partial charge is 0.200 e. The topological polar surface area (TPSA) is 53.1 Å². The van der Waals surface area contributed by atoms with Crippen LogP contribution in [0.1, 0.15) is 12.6 Å². The van der Waals surface area contributed by atoms with Crippen LogP contribution < -0.4 is 10.5 Å². The molecule has 0 atom stereocenters. The monoisotopic (exact) mass is 217 g/mol. The Morgan fingerprint density at radius 2 is 2.06 bits per heavy atom. The summed E-state index contributed by atoms with van der Waals surface area (Å²) in [7, 11) is 0. The van der Waals surface area contributed by atoms with E-state index in [2.05, 4.69) is 4.98 Å². The number of hydrogen-bond acceptors (Lipinski definition) is 3. The maximum Gasteiger partial charge on any atom is 0.200 e. The van der Waals surface area contributed by atoms with Gasteiger partial charge in [0.2, 0.25) is 0 Å². The second-order valence-electron chi connectivity index (χ2n) is 3.45. The summed E-state index contributed by atoms with van der Waals surface area (Å²) in [5.41, 5.74) is 6.71. The summed E-state index contributed by atoms with van der Waals surface area (Å²) in [5, 5.41) is 0. The van der Waals surface area contributed by atoms with Crippen LogP contribution in [-0.4, -0.2) is 9.55 Å². The Hall–Kier alpha value is -1.97. The van der Waals surface area contributed by atoms with E-state index in [4.69, 9.17) is 10.5 Å². The second kappa shape index (κ2) is 4.70. The summed E-state index contributed by atoms with van der Waals surface area (Å²) in [4.78, 5) is 4.06. The standard InChI is InChI=1S/C12H15N3O/c1-2-15-10(8-14-12(15)13)9-16-11-6-4-3-5-7-11/h3-8H,2,9H2,1H3,(H2,13,14). The van der Waals surface area contributed by atoms with Crippen molar-refractivity contribution in [3.05, 3.63) is 42.2 Å². The van der Waals surface area contributed by atoms with E-state index in [1.54, 1.807) is 6.20 Å². The highest BCUT2D eigenvalue weighted by Gasteiger charge is 2.05. The minimum Gasteiger partial charge on any atom is -0.487 e. The largest absolute Gasteiger partial charge is 0.487 e. The molecule has 0 bridgehead atoms. The number of para-hydroxylation sites is 1. The first kappa shape index (κ1) is 10.5. The number of benzene rings is 1. The number of nitrogens with zero attached hydrogens (tertiary/aromatic N) is 2. The highest BCUT2D eigenvalue weighted by atomic mass is 16.5. The number of rotatable bonds is 4. The van der Waals surface area contributed by atoms with Crippen molar-refractivity contribution in [2.75, 3.05) is 5.73 Å². The zero-order valence-corrected chi connectivity index (χ0v) is 9.26. The molecular weight excluding hydrogens is 202 g/mol. The third-order valence-corrected chi connectivity index (χ3v) is 2.42. The maximum atomic E-state index is 5.72. The Balaban J connectivity index is 2.05. The van der Waals surface area contributed by atoms with Gasteiger partial charge < -0.3 is 15.0 Å². The molecule has 0 radical (unpaired) electrons. The van der Waals surface area contributed by atoms with E-state index in [0.29, 0.717) is 12.6 Å². The van der Waals surface area contributed by atoms with Crippen LogP contribution in [0.25, 0.3) is 0 Å². The molecule has 0 saturated heterocycles. The minimum absolute atomic E-state index is 0.488. The van der Waals surface area contributed by atoms with Crippen molar-refractivity contribution in [1.82, 2.24) is 9.55 Å². The fourth-order valence-electron chi connectivity index (χ4n) is 1.58. The number of nitrogen functional groups attached to an aromatic ring is 1. The van der Waals surface area contributed by atoms with Crippen molar-refractivity contribution in [2.45, 2.75) is 20.1 Å². The number of aromatic nitrogens is 2. The molecule has 0 aliphatic heterocycles. The summed E-state index contributed by atoms with van der Waals surface area (Å²) in [5.74, 6) is 1.39. The fourth-order valence-corrected chi connectivity index (χ4v) is 1.58. The molecule has 84 valence electrons. The van der Waals surface area contributed by atoms with Crippen molar-refractivity contribution in [2.24, 2.45) is 0 Å². The molecule has 2 rings (SSSR count). The predicted molar refractivity (Wildman–Crippen MR) is 63.1 cm³/mol. The number of hydrogen-bond donors (Lipinski definition) is 1. The van der Waals surface area contributed by atoms with Crippen molar-refractivity contribution in [3.8, 4) is 5.75 Å². The Morgan fingerprint density at radius 3 is 2.75 bits per heavy atom. The van der Waals surface area contributed by atoms with Crippen LogP contribution in [0.3, 0.4) is 0 Å². The van der Waals surface area contributed by atoms with Crippen LogP contribution >= 0.6 is 0 Å². The van der Waals surface area contributed by atoms with Crippen molar-refractivity contribution < 1.29 is 4.74 Å². The van der Waals surface area contributed by atoms with Crippen molar-refractivity contribution in [1.29, 1.82) is 0 Å². The van der Waals surface area contributed by atoms with E-state index < -0.39 is 0 Å². The molecule has 0 spiro atoms. The summed E-state index contributed by atoms with van der Waals surface area (Å²) < 4.78 is 7.56. The third-order valence-electron chi connectivity index (χ3n) is 2.42. The highest BCUT2D eigenvalue weighted by molar-refractivity contribution is 5.24. The average molecular weight is 217 g/mol. The van der Waals surface area contributed by atoms with E-state index in [1.165, 1.54) is 0 Å². The predicted octanol–water partition coefficient (Wildman–Crippen LogP) is 2.06. The van der Waals surface area contributed by atoms with Crippen LogP contribution in [0.4, 0.5) is 5.95 Å². The molecule has 0 unspecified atom stereocenters. The molecule has 0 aliphatic rings. The van der Waals surface area contributed by atoms with Gasteiger partial charge in [0.15, 0.2) is 5.95 Å². The highest BCUT2D eigenvalue weighted by Crippen LogP contribution is 2.13. The lowest BCUT2D eigenvalue weighted by Gasteiger charge is -2.08. The normalized spacial score (nSPS) is 10.3. The average Bonchev–Trinajstić information content (AvgIpc) is 2.68. The maximum absolute atomic E-state index is 5.72. The van der Waals surface area contributed by atoms with E-state index in [-0.39, 0.29) is 0 Å². The van der Waals surface area contributed by atoms with Gasteiger partial charge in [-0.1, -0.05) is 18.2 Å². The second-order valence-corrected chi connectivity index (χ2v) is 3.45. The van der Waals surface area contributed by atoms with Gasteiger partial charge in [-0.3, -0.25) is 0 Å². The Bertz CT molecular complexity index is 451. The molecule has 0 amide bonds. The van der Waals surface area contributed by atoms with E-state index in [9.17, 15) is 0 Å². The molecular formula is C12H15N3O. The van der Waals surface area contributed by atoms with E-state index >= 15 is 0 Å². The van der Waals surface area contributed by atoms with Crippen LogP contribution in [-0.2, 0) is 13.2 Å². The molecule has 0 saturated carbocycles. The lowest BCUT2D eigenvalue weighted by molar-refractivity contribution is 0.295.